The predicted molar refractivity (Wildman–Crippen MR) is 95.7 cm³/mol. The number of carbonyl (C=O) groups is 3. The molecule has 6 nitrogen and oxygen atoms in total. The second kappa shape index (κ2) is 7.43. The molecule has 0 unspecified atom stereocenters. The van der Waals surface area contributed by atoms with E-state index >= 15 is 0 Å². The van der Waals surface area contributed by atoms with Gasteiger partial charge in [-0.15, -0.1) is 0 Å². The molecular weight excluding hydrogens is 337 g/mol. The Morgan fingerprint density at radius 1 is 1.23 bits per heavy atom. The molecule has 7 heteroatoms. The van der Waals surface area contributed by atoms with Crippen molar-refractivity contribution in [3.63, 3.8) is 0 Å². The minimum absolute atomic E-state index is 0.350. The van der Waals surface area contributed by atoms with E-state index in [2.05, 4.69) is 10.6 Å². The summed E-state index contributed by atoms with van der Waals surface area (Å²) in [4.78, 5) is 38.7. The summed E-state index contributed by atoms with van der Waals surface area (Å²) in [5, 5.41) is 5.48. The van der Waals surface area contributed by atoms with Crippen molar-refractivity contribution in [2.24, 2.45) is 0 Å². The zero-order chi connectivity index (χ0) is 19.5. The highest BCUT2D eigenvalue weighted by Crippen LogP contribution is 2.34. The van der Waals surface area contributed by atoms with Crippen molar-refractivity contribution >= 4 is 17.8 Å². The average Bonchev–Trinajstić information content (AvgIpc) is 2.77. The van der Waals surface area contributed by atoms with Crippen molar-refractivity contribution < 1.29 is 18.8 Å². The van der Waals surface area contributed by atoms with Crippen molar-refractivity contribution in [3.8, 4) is 0 Å². The third kappa shape index (κ3) is 4.20. The molecule has 26 heavy (non-hydrogen) atoms. The normalized spacial score (nSPS) is 20.3. The molecule has 0 radical (unpaired) electrons. The number of halogens is 1. The number of unbranched alkanes of at least 4 members (excludes halogenated alkanes) is 1. The number of rotatable bonds is 6. The van der Waals surface area contributed by atoms with E-state index in [0.29, 0.717) is 18.4 Å². The molecular formula is C19H26FN3O3. The van der Waals surface area contributed by atoms with E-state index in [1.54, 1.807) is 0 Å². The van der Waals surface area contributed by atoms with Crippen LogP contribution in [0.3, 0.4) is 0 Å². The van der Waals surface area contributed by atoms with Crippen LogP contribution in [0.1, 0.15) is 52.5 Å². The van der Waals surface area contributed by atoms with Gasteiger partial charge in [-0.25, -0.2) is 9.18 Å². The maximum absolute atomic E-state index is 13.3. The Morgan fingerprint density at radius 3 is 2.38 bits per heavy atom. The van der Waals surface area contributed by atoms with E-state index in [1.807, 2.05) is 27.7 Å². The van der Waals surface area contributed by atoms with Gasteiger partial charge in [0.15, 0.2) is 0 Å². The molecule has 0 aliphatic carbocycles. The lowest BCUT2D eigenvalue weighted by Crippen LogP contribution is -2.48. The van der Waals surface area contributed by atoms with Crippen LogP contribution in [0.15, 0.2) is 24.3 Å². The Bertz CT molecular complexity index is 697. The Morgan fingerprint density at radius 2 is 1.85 bits per heavy atom. The highest BCUT2D eigenvalue weighted by atomic mass is 19.1. The molecule has 0 aromatic heterocycles. The first-order chi connectivity index (χ1) is 12.1. The van der Waals surface area contributed by atoms with E-state index in [0.717, 1.165) is 11.3 Å². The smallest absolute Gasteiger partial charge is 0.325 e. The van der Waals surface area contributed by atoms with Gasteiger partial charge in [-0.1, -0.05) is 31.9 Å². The van der Waals surface area contributed by atoms with Gasteiger partial charge < -0.3 is 10.6 Å². The van der Waals surface area contributed by atoms with Gasteiger partial charge in [0.1, 0.15) is 17.9 Å². The van der Waals surface area contributed by atoms with Gasteiger partial charge in [0.05, 0.1) is 0 Å². The fraction of sp³-hybridized carbons (Fsp3) is 0.526. The summed E-state index contributed by atoms with van der Waals surface area (Å²) in [6.07, 6.45) is 1.92. The number of benzene rings is 1. The van der Waals surface area contributed by atoms with Crippen LogP contribution in [0.2, 0.25) is 0 Å². The molecule has 0 saturated carbocycles. The Hall–Kier alpha value is -2.44. The average molecular weight is 363 g/mol. The number of carbonyl (C=O) groups excluding carboxylic acids is 3. The predicted octanol–water partition coefficient (Wildman–Crippen LogP) is 2.68. The lowest BCUT2D eigenvalue weighted by atomic mass is 9.85. The molecule has 1 aliphatic heterocycles. The third-order valence-corrected chi connectivity index (χ3v) is 4.23. The molecule has 1 atom stereocenters. The quantitative estimate of drug-likeness (QED) is 0.763. The number of hydrogen-bond acceptors (Lipinski definition) is 3. The number of amides is 4. The highest BCUT2D eigenvalue weighted by molar-refractivity contribution is 6.09. The number of nitrogens with zero attached hydrogens (tertiary/aromatic N) is 1. The molecule has 1 aromatic carbocycles. The minimum atomic E-state index is -1.26. The van der Waals surface area contributed by atoms with Crippen molar-refractivity contribution in [3.05, 3.63) is 35.6 Å². The lowest BCUT2D eigenvalue weighted by Gasteiger charge is -2.27. The van der Waals surface area contributed by atoms with Crippen LogP contribution in [-0.4, -0.2) is 34.8 Å². The number of hydrogen-bond donors (Lipinski definition) is 2. The number of nitrogens with one attached hydrogen (secondary N) is 2. The summed E-state index contributed by atoms with van der Waals surface area (Å²) in [5.74, 6) is -1.31. The monoisotopic (exact) mass is 363 g/mol. The Kier molecular flexibility index (Phi) is 5.68. The highest BCUT2D eigenvalue weighted by Gasteiger charge is 2.52. The van der Waals surface area contributed by atoms with Crippen molar-refractivity contribution in [2.45, 2.75) is 58.0 Å². The second-order valence-electron chi connectivity index (χ2n) is 7.64. The van der Waals surface area contributed by atoms with Gasteiger partial charge in [0, 0.05) is 5.54 Å². The minimum Gasteiger partial charge on any atom is -0.350 e. The van der Waals surface area contributed by atoms with E-state index < -0.39 is 34.7 Å². The lowest BCUT2D eigenvalue weighted by molar-refractivity contribution is -0.136. The Labute approximate surface area is 153 Å². The van der Waals surface area contributed by atoms with E-state index in [4.69, 9.17) is 0 Å². The first-order valence-electron chi connectivity index (χ1n) is 8.80. The molecule has 0 bridgehead atoms. The van der Waals surface area contributed by atoms with Crippen LogP contribution in [0.4, 0.5) is 9.18 Å². The van der Waals surface area contributed by atoms with Gasteiger partial charge >= 0.3 is 6.03 Å². The fourth-order valence-corrected chi connectivity index (χ4v) is 3.06. The van der Waals surface area contributed by atoms with Gasteiger partial charge in [0.25, 0.3) is 5.91 Å². The van der Waals surface area contributed by atoms with E-state index in [-0.39, 0.29) is 6.54 Å². The second-order valence-corrected chi connectivity index (χ2v) is 7.64. The van der Waals surface area contributed by atoms with Gasteiger partial charge in [-0.3, -0.25) is 14.5 Å². The Balaban J connectivity index is 2.30. The number of urea groups is 1. The molecule has 1 fully saturated rings. The van der Waals surface area contributed by atoms with Crippen LogP contribution >= 0.6 is 0 Å². The van der Waals surface area contributed by atoms with Crippen LogP contribution in [-0.2, 0) is 15.1 Å². The maximum Gasteiger partial charge on any atom is 0.325 e. The van der Waals surface area contributed by atoms with Crippen molar-refractivity contribution in [1.82, 2.24) is 15.5 Å². The zero-order valence-corrected chi connectivity index (χ0v) is 15.7. The largest absolute Gasteiger partial charge is 0.350 e. The van der Waals surface area contributed by atoms with Crippen LogP contribution in [0, 0.1) is 5.82 Å². The first-order valence-corrected chi connectivity index (χ1v) is 8.80. The van der Waals surface area contributed by atoms with Crippen LogP contribution in [0.5, 0.6) is 0 Å². The van der Waals surface area contributed by atoms with Crippen LogP contribution in [0.25, 0.3) is 0 Å². The van der Waals surface area contributed by atoms with Gasteiger partial charge in [0.2, 0.25) is 5.91 Å². The molecule has 2 N–H and O–H groups in total. The standard InChI is InChI=1S/C19H26FN3O3/c1-5-6-11-19(13-7-9-14(20)10-8-13)16(25)23(17(26)22-19)12-15(24)21-18(2,3)4/h7-10H,5-6,11-12H2,1-4H3,(H,21,24)(H,22,26)/t19-/m1/s1. The van der Waals surface area contributed by atoms with Crippen molar-refractivity contribution in [1.29, 1.82) is 0 Å². The SMILES string of the molecule is CCCC[C@]1(c2ccc(F)cc2)NC(=O)N(CC(=O)NC(C)(C)C)C1=O. The molecule has 0 spiro atoms. The van der Waals surface area contributed by atoms with Gasteiger partial charge in [-0.2, -0.15) is 0 Å². The molecule has 4 amide bonds. The van der Waals surface area contributed by atoms with Gasteiger partial charge in [-0.05, 0) is 44.9 Å². The molecule has 2 rings (SSSR count). The van der Waals surface area contributed by atoms with Crippen molar-refractivity contribution in [2.75, 3.05) is 6.54 Å². The van der Waals surface area contributed by atoms with E-state index in [9.17, 15) is 18.8 Å². The first kappa shape index (κ1) is 19.9. The van der Waals surface area contributed by atoms with Crippen LogP contribution < -0.4 is 10.6 Å². The maximum atomic E-state index is 13.3. The molecule has 1 aliphatic rings. The fourth-order valence-electron chi connectivity index (χ4n) is 3.06. The number of imide groups is 1. The summed E-state index contributed by atoms with van der Waals surface area (Å²) in [6, 6.07) is 4.91. The summed E-state index contributed by atoms with van der Waals surface area (Å²) in [6.45, 7) is 7.09. The summed E-state index contributed by atoms with van der Waals surface area (Å²) < 4.78 is 13.3. The summed E-state index contributed by atoms with van der Waals surface area (Å²) in [7, 11) is 0. The zero-order valence-electron chi connectivity index (χ0n) is 15.7. The molecule has 1 saturated heterocycles. The molecule has 1 aromatic rings. The third-order valence-electron chi connectivity index (χ3n) is 4.23. The van der Waals surface area contributed by atoms with E-state index in [1.165, 1.54) is 24.3 Å². The topological polar surface area (TPSA) is 78.5 Å². The molecule has 142 valence electrons. The molecule has 1 heterocycles. The summed E-state index contributed by atoms with van der Waals surface area (Å²) >= 11 is 0. The summed E-state index contributed by atoms with van der Waals surface area (Å²) in [5.41, 5.74) is -1.21.